The van der Waals surface area contributed by atoms with E-state index in [1.54, 1.807) is 0 Å². The average Bonchev–Trinajstić information content (AvgIpc) is 2.22. The topological polar surface area (TPSA) is 28.7 Å². The summed E-state index contributed by atoms with van der Waals surface area (Å²) in [6, 6.07) is 1.97. The molecule has 4 saturated carbocycles. The quantitative estimate of drug-likeness (QED) is 0.759. The molecule has 4 fully saturated rings. The SMILES string of the molecule is Cc1cc(=S)nc(C23CC4CC(C)(CC(C)(C4)C2)C3)[nH]1. The molecule has 108 valence electrons. The molecule has 0 radical (unpaired) electrons. The summed E-state index contributed by atoms with van der Waals surface area (Å²) >= 11 is 5.37. The molecule has 1 heterocycles. The zero-order valence-electron chi connectivity index (χ0n) is 12.8. The van der Waals surface area contributed by atoms with E-state index in [4.69, 9.17) is 17.2 Å². The maximum Gasteiger partial charge on any atom is 0.130 e. The van der Waals surface area contributed by atoms with E-state index in [-0.39, 0.29) is 5.41 Å². The van der Waals surface area contributed by atoms with Crippen LogP contribution in [0.5, 0.6) is 0 Å². The first kappa shape index (κ1) is 13.0. The molecule has 1 N–H and O–H groups in total. The Morgan fingerprint density at radius 1 is 1.15 bits per heavy atom. The highest BCUT2D eigenvalue weighted by Crippen LogP contribution is 2.69. The molecule has 2 nitrogen and oxygen atoms in total. The van der Waals surface area contributed by atoms with Gasteiger partial charge in [-0.3, -0.25) is 0 Å². The van der Waals surface area contributed by atoms with Crippen molar-refractivity contribution in [2.45, 2.75) is 64.7 Å². The molecule has 4 bridgehead atoms. The van der Waals surface area contributed by atoms with Crippen LogP contribution in [0.1, 0.15) is 63.9 Å². The highest BCUT2D eigenvalue weighted by Gasteiger charge is 2.61. The molecule has 4 aliphatic carbocycles. The number of aryl methyl sites for hydroxylation is 1. The van der Waals surface area contributed by atoms with Crippen molar-refractivity contribution in [2.75, 3.05) is 0 Å². The summed E-state index contributed by atoms with van der Waals surface area (Å²) in [6.45, 7) is 7.12. The third kappa shape index (κ3) is 1.82. The molecule has 4 aliphatic rings. The molecular weight excluding hydrogens is 264 g/mol. The first-order chi connectivity index (χ1) is 9.30. The minimum absolute atomic E-state index is 0.266. The molecule has 20 heavy (non-hydrogen) atoms. The van der Waals surface area contributed by atoms with Gasteiger partial charge in [0, 0.05) is 11.1 Å². The first-order valence-electron chi connectivity index (χ1n) is 7.89. The minimum atomic E-state index is 0.266. The van der Waals surface area contributed by atoms with E-state index in [1.807, 2.05) is 6.07 Å². The zero-order chi connectivity index (χ0) is 14.2. The van der Waals surface area contributed by atoms with E-state index >= 15 is 0 Å². The Balaban J connectivity index is 1.86. The van der Waals surface area contributed by atoms with Crippen LogP contribution in [0, 0.1) is 28.3 Å². The lowest BCUT2D eigenvalue weighted by atomic mass is 9.40. The summed E-state index contributed by atoms with van der Waals surface area (Å²) in [7, 11) is 0. The third-order valence-electron chi connectivity index (χ3n) is 6.01. The predicted molar refractivity (Wildman–Crippen MR) is 83.2 cm³/mol. The summed E-state index contributed by atoms with van der Waals surface area (Å²) < 4.78 is 0.752. The fourth-order valence-corrected chi connectivity index (χ4v) is 6.81. The van der Waals surface area contributed by atoms with Gasteiger partial charge in [0.15, 0.2) is 0 Å². The third-order valence-corrected chi connectivity index (χ3v) is 6.22. The van der Waals surface area contributed by atoms with E-state index in [0.717, 1.165) is 16.3 Å². The Labute approximate surface area is 126 Å². The van der Waals surface area contributed by atoms with Gasteiger partial charge in [-0.1, -0.05) is 26.1 Å². The maximum absolute atomic E-state index is 5.37. The van der Waals surface area contributed by atoms with Crippen molar-refractivity contribution >= 4 is 12.2 Å². The van der Waals surface area contributed by atoms with Gasteiger partial charge in [0.25, 0.3) is 0 Å². The first-order valence-corrected chi connectivity index (χ1v) is 8.29. The van der Waals surface area contributed by atoms with Crippen LogP contribution >= 0.6 is 12.2 Å². The van der Waals surface area contributed by atoms with Crippen LogP contribution in [0.25, 0.3) is 0 Å². The lowest BCUT2D eigenvalue weighted by Crippen LogP contribution is -2.57. The molecule has 0 spiro atoms. The van der Waals surface area contributed by atoms with Crippen LogP contribution < -0.4 is 0 Å². The Morgan fingerprint density at radius 3 is 2.35 bits per heavy atom. The van der Waals surface area contributed by atoms with E-state index in [2.05, 4.69) is 25.8 Å². The summed E-state index contributed by atoms with van der Waals surface area (Å²) in [5.74, 6) is 2.08. The van der Waals surface area contributed by atoms with Crippen LogP contribution in [-0.4, -0.2) is 9.97 Å². The van der Waals surface area contributed by atoms with Crippen LogP contribution in [0.2, 0.25) is 0 Å². The second-order valence-corrected chi connectivity index (χ2v) is 9.08. The van der Waals surface area contributed by atoms with Crippen molar-refractivity contribution < 1.29 is 0 Å². The second kappa shape index (κ2) is 3.73. The number of nitrogens with one attached hydrogen (secondary N) is 1. The number of H-pyrrole nitrogens is 1. The van der Waals surface area contributed by atoms with Gasteiger partial charge in [-0.25, -0.2) is 4.98 Å². The smallest absolute Gasteiger partial charge is 0.130 e. The lowest BCUT2D eigenvalue weighted by molar-refractivity contribution is -0.112. The molecular formula is C17H24N2S. The van der Waals surface area contributed by atoms with Crippen molar-refractivity contribution in [3.05, 3.63) is 22.2 Å². The van der Waals surface area contributed by atoms with E-state index in [1.165, 1.54) is 44.3 Å². The molecule has 0 aromatic carbocycles. The molecule has 5 rings (SSSR count). The second-order valence-electron chi connectivity index (χ2n) is 8.66. The van der Waals surface area contributed by atoms with Crippen LogP contribution in [0.4, 0.5) is 0 Å². The van der Waals surface area contributed by atoms with Crippen molar-refractivity contribution in [2.24, 2.45) is 16.7 Å². The van der Waals surface area contributed by atoms with Crippen molar-refractivity contribution in [1.29, 1.82) is 0 Å². The van der Waals surface area contributed by atoms with Gasteiger partial charge < -0.3 is 4.98 Å². The van der Waals surface area contributed by atoms with E-state index in [9.17, 15) is 0 Å². The van der Waals surface area contributed by atoms with Gasteiger partial charge in [0.1, 0.15) is 10.5 Å². The molecule has 0 aliphatic heterocycles. The van der Waals surface area contributed by atoms with Crippen molar-refractivity contribution in [3.8, 4) is 0 Å². The summed E-state index contributed by atoms with van der Waals surface area (Å²) in [5.41, 5.74) is 2.47. The molecule has 2 unspecified atom stereocenters. The molecule has 1 aromatic heterocycles. The largest absolute Gasteiger partial charge is 0.347 e. The Morgan fingerprint density at radius 2 is 1.80 bits per heavy atom. The number of hydrogen-bond acceptors (Lipinski definition) is 2. The molecule has 1 aromatic rings. The number of aromatic amines is 1. The molecule has 0 saturated heterocycles. The fourth-order valence-electron chi connectivity index (χ4n) is 6.54. The van der Waals surface area contributed by atoms with Gasteiger partial charge in [-0.05, 0) is 68.3 Å². The lowest BCUT2D eigenvalue weighted by Gasteiger charge is -2.65. The number of nitrogens with zero attached hydrogens (tertiary/aromatic N) is 1. The van der Waals surface area contributed by atoms with Crippen LogP contribution in [0.15, 0.2) is 6.07 Å². The van der Waals surface area contributed by atoms with E-state index in [0.29, 0.717) is 10.8 Å². The summed E-state index contributed by atoms with van der Waals surface area (Å²) in [5, 5.41) is 0. The highest BCUT2D eigenvalue weighted by molar-refractivity contribution is 7.71. The zero-order valence-corrected chi connectivity index (χ0v) is 13.6. The highest BCUT2D eigenvalue weighted by atomic mass is 32.1. The number of rotatable bonds is 1. The molecule has 0 amide bonds. The van der Waals surface area contributed by atoms with Gasteiger partial charge in [0.2, 0.25) is 0 Å². The van der Waals surface area contributed by atoms with Gasteiger partial charge in [-0.15, -0.1) is 0 Å². The average molecular weight is 288 g/mol. The van der Waals surface area contributed by atoms with Crippen LogP contribution in [-0.2, 0) is 5.41 Å². The Kier molecular flexibility index (Phi) is 2.43. The molecule has 2 atom stereocenters. The standard InChI is InChI=1S/C17H24N2S/c1-11-4-13(20)19-14(18-11)17-7-12-5-15(2,9-17)8-16(3,6-12)10-17/h4,12H,5-10H2,1-3H3,(H,18,19,20). The van der Waals surface area contributed by atoms with Crippen LogP contribution in [0.3, 0.4) is 0 Å². The number of aromatic nitrogens is 2. The number of hydrogen-bond donors (Lipinski definition) is 1. The predicted octanol–water partition coefficient (Wildman–Crippen LogP) is 4.70. The Hall–Kier alpha value is -0.700. The van der Waals surface area contributed by atoms with Crippen molar-refractivity contribution in [3.63, 3.8) is 0 Å². The summed E-state index contributed by atoms with van der Waals surface area (Å²) in [4.78, 5) is 8.31. The van der Waals surface area contributed by atoms with Crippen molar-refractivity contribution in [1.82, 2.24) is 9.97 Å². The van der Waals surface area contributed by atoms with Gasteiger partial charge >= 0.3 is 0 Å². The Bertz CT molecular complexity index is 614. The maximum atomic E-state index is 5.37. The monoisotopic (exact) mass is 288 g/mol. The molecule has 3 heteroatoms. The summed E-state index contributed by atoms with van der Waals surface area (Å²) in [6.07, 6.45) is 8.18. The van der Waals surface area contributed by atoms with Gasteiger partial charge in [0.05, 0.1) is 0 Å². The fraction of sp³-hybridized carbons (Fsp3) is 0.765. The van der Waals surface area contributed by atoms with E-state index < -0.39 is 0 Å². The van der Waals surface area contributed by atoms with Gasteiger partial charge in [-0.2, -0.15) is 0 Å². The normalized spacial score (nSPS) is 45.9. The minimum Gasteiger partial charge on any atom is -0.347 e.